The second-order valence-electron chi connectivity index (χ2n) is 5.23. The number of nitrogens with one attached hydrogen (secondary N) is 1. The van der Waals surface area contributed by atoms with Gasteiger partial charge in [-0.15, -0.1) is 0 Å². The van der Waals surface area contributed by atoms with Crippen molar-refractivity contribution in [3.63, 3.8) is 0 Å². The van der Waals surface area contributed by atoms with E-state index in [0.29, 0.717) is 19.1 Å². The van der Waals surface area contributed by atoms with Crippen LogP contribution in [0.2, 0.25) is 0 Å². The van der Waals surface area contributed by atoms with E-state index in [1.807, 2.05) is 19.2 Å². The molecule has 1 aliphatic rings. The van der Waals surface area contributed by atoms with Gasteiger partial charge in [0, 0.05) is 19.3 Å². The third-order valence-corrected chi connectivity index (χ3v) is 3.50. The van der Waals surface area contributed by atoms with E-state index in [9.17, 15) is 4.79 Å². The van der Waals surface area contributed by atoms with Crippen molar-refractivity contribution < 1.29 is 9.53 Å². The Bertz CT molecular complexity index is 422. The van der Waals surface area contributed by atoms with Crippen LogP contribution in [0.3, 0.4) is 0 Å². The molecule has 0 spiro atoms. The van der Waals surface area contributed by atoms with Gasteiger partial charge in [0.1, 0.15) is 6.04 Å². The highest BCUT2D eigenvalue weighted by molar-refractivity contribution is 5.96. The lowest BCUT2D eigenvalue weighted by Crippen LogP contribution is -2.51. The molecular weight excluding hydrogens is 240 g/mol. The van der Waals surface area contributed by atoms with Crippen molar-refractivity contribution in [2.24, 2.45) is 0 Å². The summed E-state index contributed by atoms with van der Waals surface area (Å²) in [4.78, 5) is 14.0. The topological polar surface area (TPSA) is 41.6 Å². The number of benzene rings is 1. The van der Waals surface area contributed by atoms with Crippen molar-refractivity contribution >= 4 is 11.6 Å². The van der Waals surface area contributed by atoms with Crippen molar-refractivity contribution in [1.29, 1.82) is 0 Å². The Balaban J connectivity index is 2.05. The molecule has 1 unspecified atom stereocenters. The smallest absolute Gasteiger partial charge is 0.246 e. The maximum Gasteiger partial charge on any atom is 0.246 e. The van der Waals surface area contributed by atoms with Crippen LogP contribution in [0.25, 0.3) is 0 Å². The number of amides is 1. The molecule has 19 heavy (non-hydrogen) atoms. The standard InChI is InChI=1S/C15H22N2O2/c1-11(2)12-4-6-13(7-5-12)17(3)15(18)14-10-19-9-8-16-14/h4-7,11,14,16H,8-10H2,1-3H3. The molecule has 0 bridgehead atoms. The predicted molar refractivity (Wildman–Crippen MR) is 76.6 cm³/mol. The summed E-state index contributed by atoms with van der Waals surface area (Å²) in [6.07, 6.45) is 0. The van der Waals surface area contributed by atoms with Crippen LogP contribution >= 0.6 is 0 Å². The zero-order valence-corrected chi connectivity index (χ0v) is 11.8. The van der Waals surface area contributed by atoms with Gasteiger partial charge in [0.05, 0.1) is 13.2 Å². The molecule has 0 saturated carbocycles. The highest BCUT2D eigenvalue weighted by Gasteiger charge is 2.24. The first-order valence-corrected chi connectivity index (χ1v) is 6.78. The Labute approximate surface area is 114 Å². The lowest BCUT2D eigenvalue weighted by Gasteiger charge is -2.27. The molecule has 1 aromatic carbocycles. The van der Waals surface area contributed by atoms with Gasteiger partial charge in [0.2, 0.25) is 5.91 Å². The number of likely N-dealkylation sites (N-methyl/N-ethyl adjacent to an activating group) is 1. The molecule has 0 aromatic heterocycles. The van der Waals surface area contributed by atoms with E-state index in [1.165, 1.54) is 5.56 Å². The van der Waals surface area contributed by atoms with Crippen LogP contribution < -0.4 is 10.2 Å². The SMILES string of the molecule is CC(C)c1ccc(N(C)C(=O)C2COCCN2)cc1. The monoisotopic (exact) mass is 262 g/mol. The summed E-state index contributed by atoms with van der Waals surface area (Å²) in [6.45, 7) is 6.18. The van der Waals surface area contributed by atoms with Gasteiger partial charge < -0.3 is 15.0 Å². The minimum absolute atomic E-state index is 0.0528. The fourth-order valence-corrected chi connectivity index (χ4v) is 2.17. The molecule has 1 saturated heterocycles. The summed E-state index contributed by atoms with van der Waals surface area (Å²) >= 11 is 0. The van der Waals surface area contributed by atoms with Gasteiger partial charge in [-0.25, -0.2) is 0 Å². The van der Waals surface area contributed by atoms with Gasteiger partial charge in [-0.3, -0.25) is 4.79 Å². The zero-order chi connectivity index (χ0) is 13.8. The maximum absolute atomic E-state index is 12.3. The second kappa shape index (κ2) is 6.17. The van der Waals surface area contributed by atoms with Crippen LogP contribution in [0.1, 0.15) is 25.3 Å². The fraction of sp³-hybridized carbons (Fsp3) is 0.533. The van der Waals surface area contributed by atoms with Crippen LogP contribution in [0, 0.1) is 0 Å². The molecule has 2 rings (SSSR count). The molecule has 104 valence electrons. The quantitative estimate of drug-likeness (QED) is 0.902. The molecule has 0 radical (unpaired) electrons. The lowest BCUT2D eigenvalue weighted by atomic mass is 10.0. The third-order valence-electron chi connectivity index (χ3n) is 3.50. The Morgan fingerprint density at radius 2 is 2.05 bits per heavy atom. The summed E-state index contributed by atoms with van der Waals surface area (Å²) in [6, 6.07) is 7.92. The van der Waals surface area contributed by atoms with Crippen molar-refractivity contribution in [1.82, 2.24) is 5.32 Å². The van der Waals surface area contributed by atoms with Gasteiger partial charge in [-0.05, 0) is 23.6 Å². The van der Waals surface area contributed by atoms with Gasteiger partial charge in [-0.2, -0.15) is 0 Å². The third kappa shape index (κ3) is 3.33. The summed E-state index contributed by atoms with van der Waals surface area (Å²) in [5.74, 6) is 0.556. The summed E-state index contributed by atoms with van der Waals surface area (Å²) in [5.41, 5.74) is 2.20. The number of ether oxygens (including phenoxy) is 1. The fourth-order valence-electron chi connectivity index (χ4n) is 2.17. The second-order valence-corrected chi connectivity index (χ2v) is 5.23. The molecule has 1 atom stereocenters. The van der Waals surface area contributed by atoms with Gasteiger partial charge in [-0.1, -0.05) is 26.0 Å². The molecular formula is C15H22N2O2. The molecule has 1 heterocycles. The van der Waals surface area contributed by atoms with Gasteiger partial charge in [0.25, 0.3) is 0 Å². The summed E-state index contributed by atoms with van der Waals surface area (Å²) < 4.78 is 5.33. The van der Waals surface area contributed by atoms with Crippen LogP contribution in [-0.2, 0) is 9.53 Å². The van der Waals surface area contributed by atoms with E-state index in [0.717, 1.165) is 12.2 Å². The minimum atomic E-state index is -0.233. The number of carbonyl (C=O) groups excluding carboxylic acids is 1. The number of nitrogens with zero attached hydrogens (tertiary/aromatic N) is 1. The number of anilines is 1. The van der Waals surface area contributed by atoms with E-state index in [4.69, 9.17) is 4.74 Å². The van der Waals surface area contributed by atoms with E-state index >= 15 is 0 Å². The Morgan fingerprint density at radius 3 is 2.58 bits per heavy atom. The first-order chi connectivity index (χ1) is 9.09. The number of rotatable bonds is 3. The number of hydrogen-bond acceptors (Lipinski definition) is 3. The van der Waals surface area contributed by atoms with E-state index in [2.05, 4.69) is 31.3 Å². The van der Waals surface area contributed by atoms with Crippen molar-refractivity contribution in [2.75, 3.05) is 31.7 Å². The Morgan fingerprint density at radius 1 is 1.37 bits per heavy atom. The lowest BCUT2D eigenvalue weighted by molar-refractivity contribution is -0.123. The molecule has 4 heteroatoms. The van der Waals surface area contributed by atoms with Gasteiger partial charge in [0.15, 0.2) is 0 Å². The summed E-state index contributed by atoms with van der Waals surface area (Å²) in [7, 11) is 1.81. The zero-order valence-electron chi connectivity index (χ0n) is 11.8. The average molecular weight is 262 g/mol. The summed E-state index contributed by atoms with van der Waals surface area (Å²) in [5, 5.41) is 3.18. The largest absolute Gasteiger partial charge is 0.378 e. The predicted octanol–water partition coefficient (Wildman–Crippen LogP) is 1.76. The normalized spacial score (nSPS) is 19.5. The van der Waals surface area contributed by atoms with Crippen LogP contribution in [-0.4, -0.2) is 38.8 Å². The van der Waals surface area contributed by atoms with Crippen LogP contribution in [0.15, 0.2) is 24.3 Å². The van der Waals surface area contributed by atoms with Crippen LogP contribution in [0.4, 0.5) is 5.69 Å². The van der Waals surface area contributed by atoms with E-state index in [1.54, 1.807) is 4.90 Å². The first-order valence-electron chi connectivity index (χ1n) is 6.78. The molecule has 1 amide bonds. The van der Waals surface area contributed by atoms with Crippen molar-refractivity contribution in [3.8, 4) is 0 Å². The van der Waals surface area contributed by atoms with Crippen molar-refractivity contribution in [2.45, 2.75) is 25.8 Å². The molecule has 0 aliphatic carbocycles. The van der Waals surface area contributed by atoms with Crippen molar-refractivity contribution in [3.05, 3.63) is 29.8 Å². The molecule has 4 nitrogen and oxygen atoms in total. The molecule has 1 fully saturated rings. The van der Waals surface area contributed by atoms with Crippen LogP contribution in [0.5, 0.6) is 0 Å². The number of carbonyl (C=O) groups is 1. The first kappa shape index (κ1) is 14.0. The minimum Gasteiger partial charge on any atom is -0.378 e. The molecule has 1 aromatic rings. The highest BCUT2D eigenvalue weighted by atomic mass is 16.5. The molecule has 1 N–H and O–H groups in total. The van der Waals surface area contributed by atoms with E-state index < -0.39 is 0 Å². The Hall–Kier alpha value is -1.39. The maximum atomic E-state index is 12.3. The van der Waals surface area contributed by atoms with E-state index in [-0.39, 0.29) is 11.9 Å². The number of morpholine rings is 1. The average Bonchev–Trinajstić information content (AvgIpc) is 2.46. The van der Waals surface area contributed by atoms with Gasteiger partial charge >= 0.3 is 0 Å². The molecule has 1 aliphatic heterocycles. The highest BCUT2D eigenvalue weighted by Crippen LogP contribution is 2.20. The number of hydrogen-bond donors (Lipinski definition) is 1. The Kier molecular flexibility index (Phi) is 4.56.